The minimum atomic E-state index is -0.787. The molecule has 0 saturated heterocycles. The van der Waals surface area contributed by atoms with Gasteiger partial charge >= 0.3 is 0 Å². The van der Waals surface area contributed by atoms with E-state index in [1.54, 1.807) is 0 Å². The second kappa shape index (κ2) is 5.45. The Morgan fingerprint density at radius 1 is 1.31 bits per heavy atom. The van der Waals surface area contributed by atoms with Gasteiger partial charge in [0.1, 0.15) is 0 Å². The summed E-state index contributed by atoms with van der Waals surface area (Å²) in [4.78, 5) is 10.1. The Bertz CT molecular complexity index is 407. The average molecular weight is 266 g/mol. The molecule has 0 heterocycles. The SMILES string of the molecule is COC(OC)c1cc([N+](=O)[O-])cc(Cl)c1Cl. The first-order valence-corrected chi connectivity index (χ1v) is 4.95. The molecule has 1 aromatic rings. The van der Waals surface area contributed by atoms with Crippen LogP contribution in [0.3, 0.4) is 0 Å². The van der Waals surface area contributed by atoms with Crippen LogP contribution >= 0.6 is 23.2 Å². The van der Waals surface area contributed by atoms with Gasteiger partial charge in [-0.05, 0) is 0 Å². The maximum absolute atomic E-state index is 10.6. The molecular formula is C9H9Cl2NO4. The van der Waals surface area contributed by atoms with Crippen LogP contribution in [0.5, 0.6) is 0 Å². The third-order valence-corrected chi connectivity index (χ3v) is 2.75. The number of hydrogen-bond acceptors (Lipinski definition) is 4. The normalized spacial score (nSPS) is 10.8. The molecule has 0 unspecified atom stereocenters. The van der Waals surface area contributed by atoms with Crippen molar-refractivity contribution in [3.63, 3.8) is 0 Å². The lowest BCUT2D eigenvalue weighted by Gasteiger charge is -2.15. The number of rotatable bonds is 4. The van der Waals surface area contributed by atoms with E-state index in [1.165, 1.54) is 26.4 Å². The smallest absolute Gasteiger partial charge is 0.271 e. The Kier molecular flexibility index (Phi) is 4.49. The summed E-state index contributed by atoms with van der Waals surface area (Å²) >= 11 is 11.7. The van der Waals surface area contributed by atoms with E-state index in [9.17, 15) is 10.1 Å². The highest BCUT2D eigenvalue weighted by molar-refractivity contribution is 6.42. The first-order valence-electron chi connectivity index (χ1n) is 4.20. The standard InChI is InChI=1S/C9H9Cl2NO4/c1-15-9(16-2)6-3-5(12(13)14)4-7(10)8(6)11/h3-4,9H,1-2H3. The minimum absolute atomic E-state index is 0.0879. The van der Waals surface area contributed by atoms with Gasteiger partial charge < -0.3 is 9.47 Å². The lowest BCUT2D eigenvalue weighted by Crippen LogP contribution is -2.05. The molecule has 0 aromatic heterocycles. The highest BCUT2D eigenvalue weighted by Crippen LogP contribution is 2.35. The summed E-state index contributed by atoms with van der Waals surface area (Å²) in [6.45, 7) is 0. The topological polar surface area (TPSA) is 61.6 Å². The molecule has 5 nitrogen and oxygen atoms in total. The van der Waals surface area contributed by atoms with E-state index in [0.29, 0.717) is 5.56 Å². The Morgan fingerprint density at radius 3 is 2.31 bits per heavy atom. The number of non-ortho nitro benzene ring substituents is 1. The van der Waals surface area contributed by atoms with Crippen LogP contribution in [0.1, 0.15) is 11.9 Å². The molecule has 0 aliphatic carbocycles. The summed E-state index contributed by atoms with van der Waals surface area (Å²) in [7, 11) is 2.80. The predicted molar refractivity (Wildman–Crippen MR) is 59.9 cm³/mol. The van der Waals surface area contributed by atoms with Gasteiger partial charge in [0.2, 0.25) is 0 Å². The number of nitro groups is 1. The summed E-state index contributed by atoms with van der Waals surface area (Å²) < 4.78 is 9.94. The summed E-state index contributed by atoms with van der Waals surface area (Å²) in [5, 5.41) is 10.9. The summed E-state index contributed by atoms with van der Waals surface area (Å²) in [6.07, 6.45) is -0.787. The lowest BCUT2D eigenvalue weighted by molar-refractivity contribution is -0.385. The zero-order valence-electron chi connectivity index (χ0n) is 8.57. The fourth-order valence-electron chi connectivity index (χ4n) is 1.22. The number of benzene rings is 1. The average Bonchev–Trinajstić information content (AvgIpc) is 2.25. The van der Waals surface area contributed by atoms with Crippen molar-refractivity contribution in [3.8, 4) is 0 Å². The van der Waals surface area contributed by atoms with Crippen molar-refractivity contribution in [2.75, 3.05) is 14.2 Å². The summed E-state index contributed by atoms with van der Waals surface area (Å²) in [6, 6.07) is 2.45. The van der Waals surface area contributed by atoms with Gasteiger partial charge in [-0.3, -0.25) is 10.1 Å². The number of hydrogen-bond donors (Lipinski definition) is 0. The van der Waals surface area contributed by atoms with Crippen LogP contribution in [0, 0.1) is 10.1 Å². The summed E-state index contributed by atoms with van der Waals surface area (Å²) in [5.74, 6) is 0. The molecular weight excluding hydrogens is 257 g/mol. The fraction of sp³-hybridized carbons (Fsp3) is 0.333. The van der Waals surface area contributed by atoms with Crippen molar-refractivity contribution >= 4 is 28.9 Å². The number of nitrogens with zero attached hydrogens (tertiary/aromatic N) is 1. The maximum Gasteiger partial charge on any atom is 0.271 e. The highest BCUT2D eigenvalue weighted by Gasteiger charge is 2.20. The van der Waals surface area contributed by atoms with E-state index >= 15 is 0 Å². The van der Waals surface area contributed by atoms with Gasteiger partial charge in [0, 0.05) is 31.9 Å². The van der Waals surface area contributed by atoms with Crippen LogP contribution in [0.4, 0.5) is 5.69 Å². The lowest BCUT2D eigenvalue weighted by atomic mass is 10.2. The molecule has 1 rings (SSSR count). The van der Waals surface area contributed by atoms with Gasteiger partial charge in [-0.1, -0.05) is 23.2 Å². The largest absolute Gasteiger partial charge is 0.352 e. The van der Waals surface area contributed by atoms with E-state index in [2.05, 4.69) is 0 Å². The quantitative estimate of drug-likeness (QED) is 0.477. The van der Waals surface area contributed by atoms with Crippen LogP contribution in [0.15, 0.2) is 12.1 Å². The first kappa shape index (κ1) is 13.2. The van der Waals surface area contributed by atoms with Gasteiger partial charge in [0.15, 0.2) is 6.29 Å². The van der Waals surface area contributed by atoms with Gasteiger partial charge in [0.05, 0.1) is 15.0 Å². The van der Waals surface area contributed by atoms with E-state index < -0.39 is 11.2 Å². The monoisotopic (exact) mass is 265 g/mol. The third kappa shape index (κ3) is 2.62. The molecule has 1 aromatic carbocycles. The molecule has 0 radical (unpaired) electrons. The second-order valence-electron chi connectivity index (χ2n) is 2.89. The predicted octanol–water partition coefficient (Wildman–Crippen LogP) is 3.19. The van der Waals surface area contributed by atoms with E-state index in [1.807, 2.05) is 0 Å². The zero-order valence-corrected chi connectivity index (χ0v) is 10.1. The van der Waals surface area contributed by atoms with Crippen LogP contribution in [-0.2, 0) is 9.47 Å². The number of halogens is 2. The van der Waals surface area contributed by atoms with Crippen LogP contribution in [0.25, 0.3) is 0 Å². The van der Waals surface area contributed by atoms with Gasteiger partial charge in [-0.25, -0.2) is 0 Å². The Labute approximate surface area is 102 Å². The maximum atomic E-state index is 10.6. The Hall–Kier alpha value is -0.880. The fourth-order valence-corrected chi connectivity index (χ4v) is 1.64. The van der Waals surface area contributed by atoms with Crippen molar-refractivity contribution in [3.05, 3.63) is 37.9 Å². The Morgan fingerprint density at radius 2 is 1.88 bits per heavy atom. The molecule has 0 fully saturated rings. The molecule has 0 aliphatic rings. The zero-order chi connectivity index (χ0) is 12.3. The van der Waals surface area contributed by atoms with Gasteiger partial charge in [-0.2, -0.15) is 0 Å². The van der Waals surface area contributed by atoms with E-state index in [-0.39, 0.29) is 15.7 Å². The van der Waals surface area contributed by atoms with Crippen LogP contribution in [-0.4, -0.2) is 19.1 Å². The molecule has 88 valence electrons. The van der Waals surface area contributed by atoms with Crippen molar-refractivity contribution in [2.24, 2.45) is 0 Å². The molecule has 7 heteroatoms. The van der Waals surface area contributed by atoms with Gasteiger partial charge in [-0.15, -0.1) is 0 Å². The first-order chi connectivity index (χ1) is 7.51. The van der Waals surface area contributed by atoms with Gasteiger partial charge in [0.25, 0.3) is 5.69 Å². The van der Waals surface area contributed by atoms with Crippen molar-refractivity contribution in [2.45, 2.75) is 6.29 Å². The number of nitro benzene ring substituents is 1. The van der Waals surface area contributed by atoms with Crippen LogP contribution in [0.2, 0.25) is 10.0 Å². The van der Waals surface area contributed by atoms with E-state index in [0.717, 1.165) is 0 Å². The highest BCUT2D eigenvalue weighted by atomic mass is 35.5. The number of ether oxygens (including phenoxy) is 2. The molecule has 0 bridgehead atoms. The Balaban J connectivity index is 3.31. The molecule has 0 N–H and O–H groups in total. The van der Waals surface area contributed by atoms with Crippen molar-refractivity contribution in [1.29, 1.82) is 0 Å². The molecule has 0 spiro atoms. The second-order valence-corrected chi connectivity index (χ2v) is 3.68. The van der Waals surface area contributed by atoms with Crippen molar-refractivity contribution in [1.82, 2.24) is 0 Å². The van der Waals surface area contributed by atoms with E-state index in [4.69, 9.17) is 32.7 Å². The molecule has 0 saturated carbocycles. The minimum Gasteiger partial charge on any atom is -0.352 e. The molecule has 0 atom stereocenters. The third-order valence-electron chi connectivity index (χ3n) is 1.93. The molecule has 16 heavy (non-hydrogen) atoms. The molecule has 0 amide bonds. The molecule has 0 aliphatic heterocycles. The number of methoxy groups -OCH3 is 2. The van der Waals surface area contributed by atoms with Crippen molar-refractivity contribution < 1.29 is 14.4 Å². The van der Waals surface area contributed by atoms with Crippen LogP contribution < -0.4 is 0 Å². The summed E-state index contributed by atoms with van der Waals surface area (Å²) in [5.41, 5.74) is 0.161.